The molecule has 4 rings (SSSR count). The van der Waals surface area contributed by atoms with E-state index >= 15 is 8.78 Å². The Morgan fingerprint density at radius 3 is 2.29 bits per heavy atom. The molecule has 34 heavy (non-hydrogen) atoms. The molecule has 0 aromatic heterocycles. The number of alkyl halides is 2. The van der Waals surface area contributed by atoms with Crippen LogP contribution in [0.3, 0.4) is 0 Å². The smallest absolute Gasteiger partial charge is 0.280 e. The molecular weight excluding hydrogens is 434 g/mol. The predicted molar refractivity (Wildman–Crippen MR) is 133 cm³/mol. The van der Waals surface area contributed by atoms with E-state index in [2.05, 4.69) is 27.5 Å². The average molecular weight is 471 g/mol. The molecule has 2 aromatic carbocycles. The summed E-state index contributed by atoms with van der Waals surface area (Å²) >= 11 is 0. The molecule has 1 saturated carbocycles. The molecule has 1 aliphatic carbocycles. The lowest BCUT2D eigenvalue weighted by molar-refractivity contribution is -0.0353. The lowest BCUT2D eigenvalue weighted by Crippen LogP contribution is -2.54. The van der Waals surface area contributed by atoms with E-state index in [1.165, 1.54) is 0 Å². The first kappa shape index (κ1) is 24.6. The molecule has 0 bridgehead atoms. The molecule has 7 heteroatoms. The molecule has 1 amide bonds. The van der Waals surface area contributed by atoms with Crippen molar-refractivity contribution in [2.75, 3.05) is 44.7 Å². The van der Waals surface area contributed by atoms with Gasteiger partial charge in [-0.3, -0.25) is 4.79 Å². The van der Waals surface area contributed by atoms with E-state index in [0.29, 0.717) is 5.56 Å². The summed E-state index contributed by atoms with van der Waals surface area (Å²) in [4.78, 5) is 17.6. The second kappa shape index (κ2) is 11.3. The number of hydrogen-bond donors (Lipinski definition) is 2. The van der Waals surface area contributed by atoms with Gasteiger partial charge in [0.05, 0.1) is 12.6 Å². The maximum Gasteiger partial charge on any atom is 0.280 e. The molecule has 2 fully saturated rings. The Bertz CT molecular complexity index is 908. The fourth-order valence-corrected chi connectivity index (χ4v) is 4.82. The average Bonchev–Trinajstić information content (AvgIpc) is 3.38. The second-order valence-electron chi connectivity index (χ2n) is 9.68. The maximum absolute atomic E-state index is 15.4. The molecule has 2 aromatic rings. The molecule has 1 saturated heterocycles. The highest BCUT2D eigenvalue weighted by molar-refractivity contribution is 5.94. The van der Waals surface area contributed by atoms with Crippen LogP contribution in [0.25, 0.3) is 0 Å². The third-order valence-electron chi connectivity index (χ3n) is 7.08. The summed E-state index contributed by atoms with van der Waals surface area (Å²) in [6.07, 6.45) is 4.11. The first-order valence-corrected chi connectivity index (χ1v) is 12.4. The lowest BCUT2D eigenvalue weighted by Gasteiger charge is -2.34. The first-order chi connectivity index (χ1) is 16.4. The summed E-state index contributed by atoms with van der Waals surface area (Å²) < 4.78 is 30.7. The van der Waals surface area contributed by atoms with Gasteiger partial charge in [0.15, 0.2) is 0 Å². The van der Waals surface area contributed by atoms with Crippen molar-refractivity contribution in [3.05, 3.63) is 65.7 Å². The fourth-order valence-electron chi connectivity index (χ4n) is 4.82. The summed E-state index contributed by atoms with van der Waals surface area (Å²) in [5, 5.41) is 5.69. The van der Waals surface area contributed by atoms with E-state index in [0.717, 1.165) is 63.1 Å². The Hall–Kier alpha value is -2.51. The number of amides is 1. The largest absolute Gasteiger partial charge is 0.369 e. The number of nitrogens with one attached hydrogen (secondary N) is 2. The standard InChI is InChI=1S/C27H36F2N4O/c1-32-15-17-33(18-16-32)24-13-11-22(12-14-24)26(34)31-25(19-21-7-3-2-4-8-21)27(28,29)20-30-23-9-5-6-10-23/h2-4,7-8,11-14,23,25,30H,5-6,9-10,15-20H2,1H3,(H,31,34)/t25-/m0/s1. The van der Waals surface area contributed by atoms with Gasteiger partial charge in [0, 0.05) is 43.5 Å². The van der Waals surface area contributed by atoms with Crippen LogP contribution in [-0.4, -0.2) is 68.6 Å². The topological polar surface area (TPSA) is 47.6 Å². The highest BCUT2D eigenvalue weighted by Crippen LogP contribution is 2.25. The van der Waals surface area contributed by atoms with Gasteiger partial charge in [-0.25, -0.2) is 8.78 Å². The summed E-state index contributed by atoms with van der Waals surface area (Å²) in [6, 6.07) is 15.3. The van der Waals surface area contributed by atoms with Crippen LogP contribution in [0.1, 0.15) is 41.6 Å². The van der Waals surface area contributed by atoms with Crippen LogP contribution in [0.2, 0.25) is 0 Å². The summed E-state index contributed by atoms with van der Waals surface area (Å²) in [7, 11) is 2.11. The van der Waals surface area contributed by atoms with Crippen LogP contribution in [0.15, 0.2) is 54.6 Å². The second-order valence-corrected chi connectivity index (χ2v) is 9.68. The zero-order valence-electron chi connectivity index (χ0n) is 20.0. The third-order valence-corrected chi connectivity index (χ3v) is 7.08. The molecule has 2 N–H and O–H groups in total. The minimum absolute atomic E-state index is 0.0747. The van der Waals surface area contributed by atoms with Crippen LogP contribution < -0.4 is 15.5 Å². The molecular formula is C27H36F2N4O. The Balaban J connectivity index is 1.43. The van der Waals surface area contributed by atoms with E-state index in [1.807, 2.05) is 42.5 Å². The molecule has 1 aliphatic heterocycles. The van der Waals surface area contributed by atoms with Crippen molar-refractivity contribution in [1.29, 1.82) is 0 Å². The number of halogens is 2. The SMILES string of the molecule is CN1CCN(c2ccc(C(=O)N[C@@H](Cc3ccccc3)C(F)(F)CNC3CCCC3)cc2)CC1. The van der Waals surface area contributed by atoms with Gasteiger partial charge in [-0.2, -0.15) is 0 Å². The van der Waals surface area contributed by atoms with Gasteiger partial charge < -0.3 is 20.4 Å². The van der Waals surface area contributed by atoms with Crippen molar-refractivity contribution in [2.24, 2.45) is 0 Å². The van der Waals surface area contributed by atoms with Crippen LogP contribution in [-0.2, 0) is 6.42 Å². The molecule has 0 spiro atoms. The number of benzene rings is 2. The van der Waals surface area contributed by atoms with Gasteiger partial charge in [0.2, 0.25) is 0 Å². The molecule has 2 aliphatic rings. The summed E-state index contributed by atoms with van der Waals surface area (Å²) in [5.41, 5.74) is 2.23. The van der Waals surface area contributed by atoms with E-state index in [1.54, 1.807) is 12.1 Å². The number of nitrogens with zero attached hydrogens (tertiary/aromatic N) is 2. The van der Waals surface area contributed by atoms with Gasteiger partial charge in [0.1, 0.15) is 0 Å². The first-order valence-electron chi connectivity index (χ1n) is 12.4. The van der Waals surface area contributed by atoms with Gasteiger partial charge >= 0.3 is 0 Å². The van der Waals surface area contributed by atoms with Crippen LogP contribution in [0.5, 0.6) is 0 Å². The van der Waals surface area contributed by atoms with Crippen molar-refractivity contribution in [2.45, 2.75) is 50.1 Å². The molecule has 1 atom stereocenters. The van der Waals surface area contributed by atoms with Crippen LogP contribution in [0, 0.1) is 0 Å². The molecule has 1 heterocycles. The Morgan fingerprint density at radius 2 is 1.65 bits per heavy atom. The van der Waals surface area contributed by atoms with E-state index in [-0.39, 0.29) is 12.5 Å². The quantitative estimate of drug-likeness (QED) is 0.583. The van der Waals surface area contributed by atoms with Crippen molar-refractivity contribution in [1.82, 2.24) is 15.5 Å². The maximum atomic E-state index is 15.4. The number of carbonyl (C=O) groups excluding carboxylic acids is 1. The normalized spacial score (nSPS) is 18.7. The molecule has 0 radical (unpaired) electrons. The Morgan fingerprint density at radius 1 is 1.00 bits per heavy atom. The minimum Gasteiger partial charge on any atom is -0.369 e. The number of piperazine rings is 1. The Labute approximate surface area is 201 Å². The van der Waals surface area contributed by atoms with E-state index in [4.69, 9.17) is 0 Å². The highest BCUT2D eigenvalue weighted by atomic mass is 19.3. The third kappa shape index (κ3) is 6.54. The van der Waals surface area contributed by atoms with Crippen LogP contribution in [0.4, 0.5) is 14.5 Å². The van der Waals surface area contributed by atoms with Crippen molar-refractivity contribution in [3.63, 3.8) is 0 Å². The van der Waals surface area contributed by atoms with Crippen molar-refractivity contribution >= 4 is 11.6 Å². The summed E-state index contributed by atoms with van der Waals surface area (Å²) in [6.45, 7) is 3.42. The van der Waals surface area contributed by atoms with Crippen molar-refractivity contribution in [3.8, 4) is 0 Å². The predicted octanol–water partition coefficient (Wildman–Crippen LogP) is 3.95. The van der Waals surface area contributed by atoms with Crippen LogP contribution >= 0.6 is 0 Å². The van der Waals surface area contributed by atoms with Gasteiger partial charge in [-0.1, -0.05) is 43.2 Å². The number of anilines is 1. The van der Waals surface area contributed by atoms with Gasteiger partial charge in [0.25, 0.3) is 11.8 Å². The van der Waals surface area contributed by atoms with Gasteiger partial charge in [-0.05, 0) is 56.1 Å². The number of hydrogen-bond acceptors (Lipinski definition) is 4. The number of likely N-dealkylation sites (N-methyl/N-ethyl adjacent to an activating group) is 1. The highest BCUT2D eigenvalue weighted by Gasteiger charge is 2.41. The zero-order chi connectivity index (χ0) is 24.0. The fraction of sp³-hybridized carbons (Fsp3) is 0.519. The van der Waals surface area contributed by atoms with Gasteiger partial charge in [-0.15, -0.1) is 0 Å². The zero-order valence-corrected chi connectivity index (χ0v) is 20.0. The lowest BCUT2D eigenvalue weighted by atomic mass is 9.99. The number of carbonyl (C=O) groups is 1. The monoisotopic (exact) mass is 470 g/mol. The molecule has 5 nitrogen and oxygen atoms in total. The minimum atomic E-state index is -3.08. The van der Waals surface area contributed by atoms with E-state index in [9.17, 15) is 4.79 Å². The number of rotatable bonds is 9. The summed E-state index contributed by atoms with van der Waals surface area (Å²) in [5.74, 6) is -3.54. The molecule has 184 valence electrons. The van der Waals surface area contributed by atoms with Crippen molar-refractivity contribution < 1.29 is 13.6 Å². The molecule has 0 unspecified atom stereocenters. The van der Waals surface area contributed by atoms with E-state index < -0.39 is 24.4 Å². The Kier molecular flexibility index (Phi) is 8.16.